The van der Waals surface area contributed by atoms with Gasteiger partial charge in [-0.3, -0.25) is 0 Å². The van der Waals surface area contributed by atoms with E-state index in [0.717, 1.165) is 5.56 Å². The van der Waals surface area contributed by atoms with E-state index < -0.39 is 0 Å². The first kappa shape index (κ1) is 14.7. The quantitative estimate of drug-likeness (QED) is 0.866. The van der Waals surface area contributed by atoms with Crippen LogP contribution in [0.2, 0.25) is 10.0 Å². The zero-order valence-electron chi connectivity index (χ0n) is 10.7. The number of amides is 2. The van der Waals surface area contributed by atoms with Crippen LogP contribution >= 0.6 is 23.2 Å². The fourth-order valence-corrected chi connectivity index (χ4v) is 2.15. The van der Waals surface area contributed by atoms with Crippen molar-refractivity contribution in [2.75, 3.05) is 11.9 Å². The van der Waals surface area contributed by atoms with Crippen molar-refractivity contribution in [2.24, 2.45) is 0 Å². The Morgan fingerprint density at radius 2 is 1.60 bits per heavy atom. The summed E-state index contributed by atoms with van der Waals surface area (Å²) in [6, 6.07) is 14.4. The van der Waals surface area contributed by atoms with E-state index in [1.54, 1.807) is 12.1 Å². The molecule has 0 fully saturated rings. The van der Waals surface area contributed by atoms with Gasteiger partial charge in [0.05, 0.1) is 10.7 Å². The Hall–Kier alpha value is -1.71. The van der Waals surface area contributed by atoms with Gasteiger partial charge < -0.3 is 10.6 Å². The van der Waals surface area contributed by atoms with E-state index >= 15 is 0 Å². The van der Waals surface area contributed by atoms with Crippen molar-refractivity contribution in [3.63, 3.8) is 0 Å². The summed E-state index contributed by atoms with van der Waals surface area (Å²) < 4.78 is 0. The zero-order chi connectivity index (χ0) is 14.4. The first-order chi connectivity index (χ1) is 9.66. The molecule has 5 heteroatoms. The predicted octanol–water partition coefficient (Wildman–Crippen LogP) is 4.36. The molecule has 0 saturated heterocycles. The molecular formula is C15H14Cl2N2O. The summed E-state index contributed by atoms with van der Waals surface area (Å²) in [5.74, 6) is 0. The van der Waals surface area contributed by atoms with E-state index in [1.807, 2.05) is 36.4 Å². The third-order valence-electron chi connectivity index (χ3n) is 2.76. The van der Waals surface area contributed by atoms with Crippen molar-refractivity contribution in [1.82, 2.24) is 5.32 Å². The molecule has 3 nitrogen and oxygen atoms in total. The largest absolute Gasteiger partial charge is 0.338 e. The molecule has 0 aromatic heterocycles. The van der Waals surface area contributed by atoms with Crippen LogP contribution in [0.25, 0.3) is 0 Å². The molecule has 0 aliphatic heterocycles. The molecule has 0 saturated carbocycles. The predicted molar refractivity (Wildman–Crippen MR) is 83.6 cm³/mol. The summed E-state index contributed by atoms with van der Waals surface area (Å²) in [5, 5.41) is 6.68. The monoisotopic (exact) mass is 308 g/mol. The van der Waals surface area contributed by atoms with Gasteiger partial charge in [0, 0.05) is 11.6 Å². The Balaban J connectivity index is 1.82. The minimum absolute atomic E-state index is 0.287. The molecule has 0 aliphatic rings. The molecule has 2 aromatic carbocycles. The number of halogens is 2. The first-order valence-corrected chi connectivity index (χ1v) is 6.95. The van der Waals surface area contributed by atoms with E-state index in [-0.39, 0.29) is 6.03 Å². The minimum Gasteiger partial charge on any atom is -0.338 e. The van der Waals surface area contributed by atoms with Crippen LogP contribution in [-0.4, -0.2) is 12.6 Å². The molecule has 2 rings (SSSR count). The van der Waals surface area contributed by atoms with Crippen molar-refractivity contribution >= 4 is 34.9 Å². The lowest BCUT2D eigenvalue weighted by molar-refractivity contribution is 0.252. The molecule has 0 spiro atoms. The first-order valence-electron chi connectivity index (χ1n) is 6.19. The van der Waals surface area contributed by atoms with Crippen LogP contribution in [0.1, 0.15) is 5.56 Å². The van der Waals surface area contributed by atoms with Crippen molar-refractivity contribution in [2.45, 2.75) is 6.42 Å². The number of nitrogens with one attached hydrogen (secondary N) is 2. The number of carbonyl (C=O) groups excluding carboxylic acids is 1. The van der Waals surface area contributed by atoms with Crippen LogP contribution in [0, 0.1) is 0 Å². The highest BCUT2D eigenvalue weighted by molar-refractivity contribution is 6.33. The molecule has 0 heterocycles. The summed E-state index contributed by atoms with van der Waals surface area (Å²) in [7, 11) is 0. The van der Waals surface area contributed by atoms with Crippen LogP contribution in [0.15, 0.2) is 48.5 Å². The van der Waals surface area contributed by atoms with Gasteiger partial charge in [-0.15, -0.1) is 0 Å². The highest BCUT2D eigenvalue weighted by Gasteiger charge is 2.05. The fourth-order valence-electron chi connectivity index (χ4n) is 1.74. The number of para-hydroxylation sites is 1. The Bertz CT molecular complexity index is 602. The van der Waals surface area contributed by atoms with Gasteiger partial charge >= 0.3 is 6.03 Å². The summed E-state index contributed by atoms with van der Waals surface area (Å²) in [5.41, 5.74) is 1.59. The third-order valence-corrected chi connectivity index (χ3v) is 3.46. The average molecular weight is 309 g/mol. The zero-order valence-corrected chi connectivity index (χ0v) is 12.2. The molecule has 0 radical (unpaired) electrons. The number of rotatable bonds is 4. The van der Waals surface area contributed by atoms with E-state index in [4.69, 9.17) is 23.2 Å². The SMILES string of the molecule is O=C(NCCc1ccccc1Cl)Nc1ccccc1Cl. The maximum absolute atomic E-state index is 11.7. The maximum Gasteiger partial charge on any atom is 0.319 e. The Morgan fingerprint density at radius 3 is 2.30 bits per heavy atom. The fraction of sp³-hybridized carbons (Fsp3) is 0.133. The molecule has 20 heavy (non-hydrogen) atoms. The summed E-state index contributed by atoms with van der Waals surface area (Å²) >= 11 is 12.0. The second-order valence-electron chi connectivity index (χ2n) is 4.20. The van der Waals surface area contributed by atoms with Gasteiger partial charge in [-0.1, -0.05) is 53.5 Å². The lowest BCUT2D eigenvalue weighted by Gasteiger charge is -2.09. The van der Waals surface area contributed by atoms with Crippen molar-refractivity contribution in [3.05, 3.63) is 64.1 Å². The van der Waals surface area contributed by atoms with Crippen molar-refractivity contribution in [3.8, 4) is 0 Å². The van der Waals surface area contributed by atoms with Crippen LogP contribution in [0.5, 0.6) is 0 Å². The number of anilines is 1. The number of hydrogen-bond donors (Lipinski definition) is 2. The van der Waals surface area contributed by atoms with Gasteiger partial charge in [-0.2, -0.15) is 0 Å². The molecule has 2 amide bonds. The minimum atomic E-state index is -0.287. The number of carbonyl (C=O) groups is 1. The highest BCUT2D eigenvalue weighted by atomic mass is 35.5. The van der Waals surface area contributed by atoms with Crippen LogP contribution in [0.4, 0.5) is 10.5 Å². The van der Waals surface area contributed by atoms with Crippen LogP contribution in [0.3, 0.4) is 0 Å². The van der Waals surface area contributed by atoms with Gasteiger partial charge in [0.25, 0.3) is 0 Å². The number of urea groups is 1. The lowest BCUT2D eigenvalue weighted by atomic mass is 10.1. The molecule has 0 aliphatic carbocycles. The normalized spacial score (nSPS) is 10.1. The molecule has 104 valence electrons. The smallest absolute Gasteiger partial charge is 0.319 e. The Kier molecular flexibility index (Phi) is 5.27. The van der Waals surface area contributed by atoms with E-state index in [1.165, 1.54) is 0 Å². The van der Waals surface area contributed by atoms with Gasteiger partial charge in [0.1, 0.15) is 0 Å². The van der Waals surface area contributed by atoms with E-state index in [9.17, 15) is 4.79 Å². The molecule has 0 bridgehead atoms. The Morgan fingerprint density at radius 1 is 0.950 bits per heavy atom. The number of benzene rings is 2. The Labute approximate surface area is 127 Å². The van der Waals surface area contributed by atoms with E-state index in [0.29, 0.717) is 28.7 Å². The highest BCUT2D eigenvalue weighted by Crippen LogP contribution is 2.20. The van der Waals surface area contributed by atoms with Gasteiger partial charge in [-0.05, 0) is 30.2 Å². The summed E-state index contributed by atoms with van der Waals surface area (Å²) in [6.45, 7) is 0.500. The van der Waals surface area contributed by atoms with Gasteiger partial charge in [0.2, 0.25) is 0 Å². The topological polar surface area (TPSA) is 41.1 Å². The van der Waals surface area contributed by atoms with Crippen molar-refractivity contribution in [1.29, 1.82) is 0 Å². The molecule has 2 N–H and O–H groups in total. The second-order valence-corrected chi connectivity index (χ2v) is 5.02. The van der Waals surface area contributed by atoms with E-state index in [2.05, 4.69) is 10.6 Å². The molecule has 2 aromatic rings. The maximum atomic E-state index is 11.7. The summed E-state index contributed by atoms with van der Waals surface area (Å²) in [6.07, 6.45) is 0.676. The van der Waals surface area contributed by atoms with Gasteiger partial charge in [-0.25, -0.2) is 4.79 Å². The summed E-state index contributed by atoms with van der Waals surface area (Å²) in [4.78, 5) is 11.7. The molecule has 0 unspecified atom stereocenters. The number of hydrogen-bond acceptors (Lipinski definition) is 1. The second kappa shape index (κ2) is 7.17. The third kappa shape index (κ3) is 4.15. The molecule has 0 atom stereocenters. The molecular weight excluding hydrogens is 295 g/mol. The van der Waals surface area contributed by atoms with Crippen LogP contribution in [-0.2, 0) is 6.42 Å². The standard InChI is InChI=1S/C15H14Cl2N2O/c16-12-6-2-1-5-11(12)9-10-18-15(20)19-14-8-4-3-7-13(14)17/h1-8H,9-10H2,(H2,18,19,20). The lowest BCUT2D eigenvalue weighted by Crippen LogP contribution is -2.30. The van der Waals surface area contributed by atoms with Gasteiger partial charge in [0.15, 0.2) is 0 Å². The average Bonchev–Trinajstić information content (AvgIpc) is 2.43. The van der Waals surface area contributed by atoms with Crippen LogP contribution < -0.4 is 10.6 Å². The van der Waals surface area contributed by atoms with Crippen molar-refractivity contribution < 1.29 is 4.79 Å².